The summed E-state index contributed by atoms with van der Waals surface area (Å²) in [5.41, 5.74) is 0. The molecule has 0 aromatic rings. The lowest BCUT2D eigenvalue weighted by Gasteiger charge is -2.13. The number of esters is 1. The molecule has 1 aliphatic heterocycles. The van der Waals surface area contributed by atoms with Gasteiger partial charge < -0.3 is 10.1 Å². The summed E-state index contributed by atoms with van der Waals surface area (Å²) in [6.45, 7) is 5.23. The maximum Gasteiger partial charge on any atom is 0.302 e. The summed E-state index contributed by atoms with van der Waals surface area (Å²) < 4.78 is 5.07. The second-order valence-corrected chi connectivity index (χ2v) is 3.73. The molecule has 1 rings (SSSR count). The highest BCUT2D eigenvalue weighted by molar-refractivity contribution is 6.17. The van der Waals surface area contributed by atoms with E-state index >= 15 is 0 Å². The summed E-state index contributed by atoms with van der Waals surface area (Å²) in [4.78, 5) is 10.6. The summed E-state index contributed by atoms with van der Waals surface area (Å²) >= 11 is 5.00. The molecule has 3 nitrogen and oxygen atoms in total. The molecule has 1 fully saturated rings. The van der Waals surface area contributed by atoms with Gasteiger partial charge in [-0.2, -0.15) is 0 Å². The van der Waals surface area contributed by atoms with Crippen LogP contribution in [-0.2, 0) is 9.53 Å². The molecule has 1 saturated heterocycles. The molecule has 1 N–H and O–H groups in total. The second kappa shape index (κ2) is 9.28. The van der Waals surface area contributed by atoms with Crippen molar-refractivity contribution < 1.29 is 9.53 Å². The van der Waals surface area contributed by atoms with Gasteiger partial charge >= 0.3 is 5.97 Å². The maximum atomic E-state index is 10.6. The van der Waals surface area contributed by atoms with E-state index in [4.69, 9.17) is 16.3 Å². The fraction of sp³-hybridized carbons (Fsp3) is 0.900. The number of nitrogens with one attached hydrogen (secondary N) is 1. The smallest absolute Gasteiger partial charge is 0.302 e. The summed E-state index contributed by atoms with van der Waals surface area (Å²) in [6.07, 6.45) is 3.46. The molecule has 0 radical (unpaired) electrons. The first-order valence-electron chi connectivity index (χ1n) is 5.14. The van der Waals surface area contributed by atoms with Crippen LogP contribution in [0.3, 0.4) is 0 Å². The Bertz CT molecular complexity index is 145. The van der Waals surface area contributed by atoms with Crippen LogP contribution in [0.4, 0.5) is 0 Å². The van der Waals surface area contributed by atoms with Crippen LogP contribution in [0.5, 0.6) is 0 Å². The molecule has 14 heavy (non-hydrogen) atoms. The van der Waals surface area contributed by atoms with Crippen LogP contribution in [0.2, 0.25) is 0 Å². The Hall–Kier alpha value is -0.280. The highest BCUT2D eigenvalue weighted by Crippen LogP contribution is 2.07. The van der Waals surface area contributed by atoms with Gasteiger partial charge in [-0.25, -0.2) is 0 Å². The molecular weight excluding hydrogens is 202 g/mol. The Kier molecular flexibility index (Phi) is 9.10. The minimum absolute atomic E-state index is 0.106. The predicted octanol–water partition coefficient (Wildman–Crippen LogP) is 1.94. The van der Waals surface area contributed by atoms with Crippen LogP contribution in [-0.4, -0.2) is 31.0 Å². The van der Waals surface area contributed by atoms with Gasteiger partial charge in [-0.1, -0.05) is 6.92 Å². The van der Waals surface area contributed by atoms with E-state index in [-0.39, 0.29) is 12.1 Å². The van der Waals surface area contributed by atoms with Crippen molar-refractivity contribution in [1.29, 1.82) is 0 Å². The SMILES string of the molecule is CC(=O)OC1CCCCNC1.CCCl. The van der Waals surface area contributed by atoms with E-state index in [1.807, 2.05) is 6.92 Å². The molecule has 0 bridgehead atoms. The molecule has 1 aliphatic rings. The zero-order valence-electron chi connectivity index (χ0n) is 9.01. The first kappa shape index (κ1) is 13.7. The predicted molar refractivity (Wildman–Crippen MR) is 58.7 cm³/mol. The molecule has 1 heterocycles. The number of alkyl halides is 1. The van der Waals surface area contributed by atoms with Crippen LogP contribution < -0.4 is 5.32 Å². The van der Waals surface area contributed by atoms with Gasteiger partial charge in [-0.3, -0.25) is 4.79 Å². The third-order valence-electron chi connectivity index (χ3n) is 1.83. The standard InChI is InChI=1S/C8H15NO2.C2H5Cl/c1-7(10)11-8-4-2-3-5-9-6-8;1-2-3/h8-9H,2-6H2,1H3;2H2,1H3. The Morgan fingerprint density at radius 2 is 2.21 bits per heavy atom. The van der Waals surface area contributed by atoms with E-state index in [1.165, 1.54) is 13.3 Å². The van der Waals surface area contributed by atoms with Gasteiger partial charge in [-0.15, -0.1) is 11.6 Å². The van der Waals surface area contributed by atoms with Crippen LogP contribution in [0, 0.1) is 0 Å². The Balaban J connectivity index is 0.000000500. The van der Waals surface area contributed by atoms with Crippen LogP contribution in [0.1, 0.15) is 33.1 Å². The number of carbonyl (C=O) groups excluding carboxylic acids is 1. The highest BCUT2D eigenvalue weighted by atomic mass is 35.5. The lowest BCUT2D eigenvalue weighted by atomic mass is 10.2. The fourth-order valence-corrected chi connectivity index (χ4v) is 1.32. The van der Waals surface area contributed by atoms with Crippen molar-refractivity contribution in [2.24, 2.45) is 0 Å². The van der Waals surface area contributed by atoms with E-state index in [0.29, 0.717) is 0 Å². The summed E-state index contributed by atoms with van der Waals surface area (Å²) in [5, 5.41) is 3.23. The first-order chi connectivity index (χ1) is 6.70. The molecule has 4 heteroatoms. The number of ether oxygens (including phenoxy) is 1. The Morgan fingerprint density at radius 3 is 2.79 bits per heavy atom. The van der Waals surface area contributed by atoms with Gasteiger partial charge in [0.25, 0.3) is 0 Å². The topological polar surface area (TPSA) is 38.3 Å². The van der Waals surface area contributed by atoms with Gasteiger partial charge in [0.05, 0.1) is 0 Å². The largest absolute Gasteiger partial charge is 0.461 e. The molecule has 0 spiro atoms. The van der Waals surface area contributed by atoms with Crippen LogP contribution in [0.25, 0.3) is 0 Å². The van der Waals surface area contributed by atoms with Gasteiger partial charge in [0, 0.05) is 19.3 Å². The lowest BCUT2D eigenvalue weighted by Crippen LogP contribution is -2.28. The number of hydrogen-bond acceptors (Lipinski definition) is 3. The zero-order chi connectivity index (χ0) is 10.8. The molecule has 0 aliphatic carbocycles. The maximum absolute atomic E-state index is 10.6. The quantitative estimate of drug-likeness (QED) is 0.543. The highest BCUT2D eigenvalue weighted by Gasteiger charge is 2.13. The van der Waals surface area contributed by atoms with E-state index in [1.54, 1.807) is 0 Å². The number of rotatable bonds is 1. The molecule has 1 atom stereocenters. The molecule has 0 aromatic heterocycles. The molecule has 0 saturated carbocycles. The van der Waals surface area contributed by atoms with Gasteiger partial charge in [0.2, 0.25) is 0 Å². The van der Waals surface area contributed by atoms with Crippen LogP contribution in [0.15, 0.2) is 0 Å². The van der Waals surface area contributed by atoms with Crippen molar-refractivity contribution in [2.45, 2.75) is 39.2 Å². The van der Waals surface area contributed by atoms with Crippen molar-refractivity contribution in [3.05, 3.63) is 0 Å². The third-order valence-corrected chi connectivity index (χ3v) is 1.83. The van der Waals surface area contributed by atoms with Gasteiger partial charge in [0.15, 0.2) is 0 Å². The zero-order valence-corrected chi connectivity index (χ0v) is 9.77. The minimum Gasteiger partial charge on any atom is -0.461 e. The van der Waals surface area contributed by atoms with Crippen molar-refractivity contribution in [2.75, 3.05) is 19.0 Å². The normalized spacial score (nSPS) is 21.5. The summed E-state index contributed by atoms with van der Waals surface area (Å²) in [6, 6.07) is 0. The van der Waals surface area contributed by atoms with E-state index in [2.05, 4.69) is 5.32 Å². The summed E-state index contributed by atoms with van der Waals surface area (Å²) in [7, 11) is 0. The molecular formula is C10H20ClNO2. The van der Waals surface area contributed by atoms with Crippen molar-refractivity contribution in [3.63, 3.8) is 0 Å². The fourth-order valence-electron chi connectivity index (χ4n) is 1.32. The molecule has 1 unspecified atom stereocenters. The number of carbonyl (C=O) groups is 1. The monoisotopic (exact) mass is 221 g/mol. The Morgan fingerprint density at radius 1 is 1.57 bits per heavy atom. The lowest BCUT2D eigenvalue weighted by molar-refractivity contribution is -0.146. The number of halogens is 1. The second-order valence-electron chi connectivity index (χ2n) is 3.20. The van der Waals surface area contributed by atoms with E-state index in [0.717, 1.165) is 31.8 Å². The average Bonchev–Trinajstić information content (AvgIpc) is 2.33. The Labute approximate surface area is 91.2 Å². The molecule has 0 amide bonds. The van der Waals surface area contributed by atoms with Crippen LogP contribution >= 0.6 is 11.6 Å². The van der Waals surface area contributed by atoms with Gasteiger partial charge in [0.1, 0.15) is 6.10 Å². The van der Waals surface area contributed by atoms with Crippen molar-refractivity contribution >= 4 is 17.6 Å². The average molecular weight is 222 g/mol. The minimum atomic E-state index is -0.168. The third kappa shape index (κ3) is 8.32. The molecule has 84 valence electrons. The van der Waals surface area contributed by atoms with E-state index < -0.39 is 0 Å². The van der Waals surface area contributed by atoms with Crippen molar-refractivity contribution in [3.8, 4) is 0 Å². The molecule has 0 aromatic carbocycles. The van der Waals surface area contributed by atoms with E-state index in [9.17, 15) is 4.79 Å². The number of hydrogen-bond donors (Lipinski definition) is 1. The van der Waals surface area contributed by atoms with Gasteiger partial charge in [-0.05, 0) is 25.8 Å². The summed E-state index contributed by atoms with van der Waals surface area (Å²) in [5.74, 6) is 0.554. The first-order valence-corrected chi connectivity index (χ1v) is 5.68. The van der Waals surface area contributed by atoms with Crippen molar-refractivity contribution in [1.82, 2.24) is 5.32 Å².